The highest BCUT2D eigenvalue weighted by Crippen LogP contribution is 2.29. The molecule has 2 rings (SSSR count). The Bertz CT molecular complexity index is 493. The third-order valence-corrected chi connectivity index (χ3v) is 3.55. The van der Waals surface area contributed by atoms with Crippen molar-refractivity contribution in [3.05, 3.63) is 35.4 Å². The lowest BCUT2D eigenvalue weighted by Gasteiger charge is -2.32. The van der Waals surface area contributed by atoms with Crippen molar-refractivity contribution in [2.45, 2.75) is 25.1 Å². The summed E-state index contributed by atoms with van der Waals surface area (Å²) in [5.41, 5.74) is -0.692. The van der Waals surface area contributed by atoms with E-state index in [-0.39, 0.29) is 29.9 Å². The number of benzene rings is 1. The van der Waals surface area contributed by atoms with Gasteiger partial charge in [0.25, 0.3) is 5.91 Å². The van der Waals surface area contributed by atoms with E-state index < -0.39 is 11.7 Å². The lowest BCUT2D eigenvalue weighted by Crippen LogP contribution is -2.47. The number of hydrogen-bond donors (Lipinski definition) is 1. The molecule has 1 aliphatic rings. The number of alkyl halides is 3. The Hall–Kier alpha value is -1.27. The van der Waals surface area contributed by atoms with Crippen molar-refractivity contribution in [1.29, 1.82) is 0 Å². The lowest BCUT2D eigenvalue weighted by atomic mass is 10.0. The van der Waals surface area contributed by atoms with Gasteiger partial charge in [-0.25, -0.2) is 0 Å². The molecule has 1 heterocycles. The molecule has 0 spiro atoms. The molecule has 0 saturated carbocycles. The third kappa shape index (κ3) is 4.35. The van der Waals surface area contributed by atoms with Gasteiger partial charge in [-0.2, -0.15) is 13.2 Å². The van der Waals surface area contributed by atoms with Crippen molar-refractivity contribution in [2.75, 3.05) is 20.1 Å². The van der Waals surface area contributed by atoms with Gasteiger partial charge in [-0.05, 0) is 38.1 Å². The highest BCUT2D eigenvalue weighted by atomic mass is 35.5. The number of carbonyl (C=O) groups is 1. The van der Waals surface area contributed by atoms with Crippen molar-refractivity contribution >= 4 is 18.3 Å². The summed E-state index contributed by atoms with van der Waals surface area (Å²) in [7, 11) is 1.82. The Balaban J connectivity index is 0.00000220. The van der Waals surface area contributed by atoms with Crippen LogP contribution in [0.3, 0.4) is 0 Å². The molecule has 0 aromatic heterocycles. The van der Waals surface area contributed by atoms with Crippen molar-refractivity contribution in [3.63, 3.8) is 0 Å². The summed E-state index contributed by atoms with van der Waals surface area (Å²) in [6.45, 7) is 1.12. The molecule has 1 aliphatic heterocycles. The average Bonchev–Trinajstić information content (AvgIpc) is 2.46. The SMILES string of the molecule is CN[C@@H]1CCCN(C(=O)c2cccc(C(F)(F)F)c2)C1.Cl. The molecule has 7 heteroatoms. The zero-order valence-electron chi connectivity index (χ0n) is 11.6. The summed E-state index contributed by atoms with van der Waals surface area (Å²) in [6.07, 6.45) is -2.59. The van der Waals surface area contributed by atoms with Crippen LogP contribution in [0.4, 0.5) is 13.2 Å². The summed E-state index contributed by atoms with van der Waals surface area (Å²) >= 11 is 0. The predicted octanol–water partition coefficient (Wildman–Crippen LogP) is 2.95. The van der Waals surface area contributed by atoms with Gasteiger partial charge >= 0.3 is 6.18 Å². The molecule has 118 valence electrons. The van der Waals surface area contributed by atoms with Gasteiger partial charge in [-0.3, -0.25) is 4.79 Å². The van der Waals surface area contributed by atoms with E-state index in [9.17, 15) is 18.0 Å². The number of likely N-dealkylation sites (tertiary alicyclic amines) is 1. The second-order valence-corrected chi connectivity index (χ2v) is 4.96. The van der Waals surface area contributed by atoms with E-state index in [1.807, 2.05) is 7.05 Å². The molecular formula is C14H18ClF3N2O. The van der Waals surface area contributed by atoms with Crippen LogP contribution in [0.15, 0.2) is 24.3 Å². The molecule has 1 fully saturated rings. The molecule has 0 aliphatic carbocycles. The number of amides is 1. The molecule has 0 bridgehead atoms. The number of piperidine rings is 1. The van der Waals surface area contributed by atoms with Crippen LogP contribution in [0.2, 0.25) is 0 Å². The number of rotatable bonds is 2. The fourth-order valence-corrected chi connectivity index (χ4v) is 2.41. The maximum Gasteiger partial charge on any atom is 0.416 e. The second-order valence-electron chi connectivity index (χ2n) is 4.96. The van der Waals surface area contributed by atoms with E-state index in [0.29, 0.717) is 13.1 Å². The highest BCUT2D eigenvalue weighted by molar-refractivity contribution is 5.94. The van der Waals surface area contributed by atoms with E-state index in [1.54, 1.807) is 4.90 Å². The summed E-state index contributed by atoms with van der Waals surface area (Å²) in [5, 5.41) is 3.10. The number of likely N-dealkylation sites (N-methyl/N-ethyl adjacent to an activating group) is 1. The maximum absolute atomic E-state index is 12.7. The Labute approximate surface area is 127 Å². The molecule has 1 N–H and O–H groups in total. The van der Waals surface area contributed by atoms with Crippen LogP contribution in [-0.2, 0) is 6.18 Å². The minimum atomic E-state index is -4.42. The van der Waals surface area contributed by atoms with Crippen molar-refractivity contribution in [2.24, 2.45) is 0 Å². The fraction of sp³-hybridized carbons (Fsp3) is 0.500. The molecule has 1 atom stereocenters. The van der Waals surface area contributed by atoms with Crippen LogP contribution in [0.25, 0.3) is 0 Å². The van der Waals surface area contributed by atoms with Crippen LogP contribution in [0.1, 0.15) is 28.8 Å². The average molecular weight is 323 g/mol. The third-order valence-electron chi connectivity index (χ3n) is 3.55. The molecule has 1 saturated heterocycles. The first-order valence-corrected chi connectivity index (χ1v) is 6.55. The van der Waals surface area contributed by atoms with Gasteiger partial charge in [-0.15, -0.1) is 12.4 Å². The Morgan fingerprint density at radius 2 is 2.10 bits per heavy atom. The summed E-state index contributed by atoms with van der Waals surface area (Å²) in [5.74, 6) is -0.337. The maximum atomic E-state index is 12.7. The number of nitrogens with one attached hydrogen (secondary N) is 1. The van der Waals surface area contributed by atoms with E-state index in [0.717, 1.165) is 25.0 Å². The fourth-order valence-electron chi connectivity index (χ4n) is 2.41. The second kappa shape index (κ2) is 7.13. The van der Waals surface area contributed by atoms with E-state index in [4.69, 9.17) is 0 Å². The highest BCUT2D eigenvalue weighted by Gasteiger charge is 2.31. The van der Waals surface area contributed by atoms with Crippen molar-refractivity contribution in [3.8, 4) is 0 Å². The van der Waals surface area contributed by atoms with Gasteiger partial charge in [0.2, 0.25) is 0 Å². The molecule has 21 heavy (non-hydrogen) atoms. The summed E-state index contributed by atoms with van der Waals surface area (Å²) in [4.78, 5) is 13.9. The normalized spacial score (nSPS) is 19.0. The Morgan fingerprint density at radius 3 is 2.71 bits per heavy atom. The minimum Gasteiger partial charge on any atom is -0.337 e. The topological polar surface area (TPSA) is 32.3 Å². The number of halogens is 4. The lowest BCUT2D eigenvalue weighted by molar-refractivity contribution is -0.137. The molecule has 0 radical (unpaired) electrons. The van der Waals surface area contributed by atoms with Crippen LogP contribution in [-0.4, -0.2) is 37.0 Å². The van der Waals surface area contributed by atoms with Gasteiger partial charge in [0.1, 0.15) is 0 Å². The van der Waals surface area contributed by atoms with E-state index in [2.05, 4.69) is 5.32 Å². The van der Waals surface area contributed by atoms with Crippen LogP contribution < -0.4 is 5.32 Å². The summed E-state index contributed by atoms with van der Waals surface area (Å²) < 4.78 is 38.0. The smallest absolute Gasteiger partial charge is 0.337 e. The number of carbonyl (C=O) groups excluding carboxylic acids is 1. The molecule has 1 aromatic carbocycles. The standard InChI is InChI=1S/C14H17F3N2O.ClH/c1-18-12-6-3-7-19(9-12)13(20)10-4-2-5-11(8-10)14(15,16)17;/h2,4-5,8,12,18H,3,6-7,9H2,1H3;1H/t12-;/m1./s1. The van der Waals surface area contributed by atoms with Crippen LogP contribution in [0.5, 0.6) is 0 Å². The van der Waals surface area contributed by atoms with Gasteiger partial charge in [-0.1, -0.05) is 6.07 Å². The van der Waals surface area contributed by atoms with Gasteiger partial charge in [0.05, 0.1) is 5.56 Å². The van der Waals surface area contributed by atoms with Crippen LogP contribution >= 0.6 is 12.4 Å². The van der Waals surface area contributed by atoms with Gasteiger partial charge in [0.15, 0.2) is 0 Å². The first kappa shape index (κ1) is 17.8. The van der Waals surface area contributed by atoms with Crippen molar-refractivity contribution in [1.82, 2.24) is 10.2 Å². The van der Waals surface area contributed by atoms with Gasteiger partial charge in [0, 0.05) is 24.7 Å². The quantitative estimate of drug-likeness (QED) is 0.908. The molecule has 0 unspecified atom stereocenters. The largest absolute Gasteiger partial charge is 0.416 e. The number of nitrogens with zero attached hydrogens (tertiary/aromatic N) is 1. The Morgan fingerprint density at radius 1 is 1.38 bits per heavy atom. The molecule has 1 aromatic rings. The number of hydrogen-bond acceptors (Lipinski definition) is 2. The van der Waals surface area contributed by atoms with E-state index >= 15 is 0 Å². The molecule has 1 amide bonds. The predicted molar refractivity (Wildman–Crippen MR) is 76.7 cm³/mol. The van der Waals surface area contributed by atoms with Gasteiger partial charge < -0.3 is 10.2 Å². The van der Waals surface area contributed by atoms with E-state index in [1.165, 1.54) is 12.1 Å². The first-order chi connectivity index (χ1) is 9.41. The van der Waals surface area contributed by atoms with Crippen LogP contribution in [0, 0.1) is 0 Å². The summed E-state index contributed by atoms with van der Waals surface area (Å²) in [6, 6.07) is 4.81. The monoisotopic (exact) mass is 322 g/mol. The zero-order valence-corrected chi connectivity index (χ0v) is 12.4. The minimum absolute atomic E-state index is 0. The first-order valence-electron chi connectivity index (χ1n) is 6.55. The molecule has 3 nitrogen and oxygen atoms in total. The Kier molecular flexibility index (Phi) is 6.04. The molecular weight excluding hydrogens is 305 g/mol. The van der Waals surface area contributed by atoms with Crippen molar-refractivity contribution < 1.29 is 18.0 Å². The zero-order chi connectivity index (χ0) is 14.8.